The molecule has 2 aromatic rings. The molecule has 2 saturated carbocycles. The van der Waals surface area contributed by atoms with E-state index >= 15 is 0 Å². The smallest absolute Gasteiger partial charge is 0.338 e. The minimum absolute atomic E-state index is 0.0559. The van der Waals surface area contributed by atoms with E-state index in [1.54, 1.807) is 37.3 Å². The molecule has 3 fully saturated rings. The van der Waals surface area contributed by atoms with Crippen LogP contribution in [0.5, 0.6) is 0 Å². The summed E-state index contributed by atoms with van der Waals surface area (Å²) in [6.45, 7) is 5.47. The molecule has 170 valence electrons. The van der Waals surface area contributed by atoms with Crippen molar-refractivity contribution in [3.63, 3.8) is 0 Å². The second kappa shape index (κ2) is 7.62. The van der Waals surface area contributed by atoms with Crippen LogP contribution in [0, 0.1) is 28.6 Å². The highest BCUT2D eigenvalue weighted by molar-refractivity contribution is 5.91. The van der Waals surface area contributed by atoms with Crippen LogP contribution in [0.2, 0.25) is 0 Å². The number of furan rings is 1. The molecule has 2 bridgehead atoms. The van der Waals surface area contributed by atoms with E-state index in [4.69, 9.17) is 13.9 Å². The fourth-order valence-corrected chi connectivity index (χ4v) is 6.25. The Morgan fingerprint density at radius 3 is 2.64 bits per heavy atom. The van der Waals surface area contributed by atoms with Crippen LogP contribution in [0.1, 0.15) is 67.6 Å². The van der Waals surface area contributed by atoms with Crippen molar-refractivity contribution in [1.82, 2.24) is 0 Å². The number of benzene rings is 1. The third-order valence-electron chi connectivity index (χ3n) is 8.11. The number of hydrogen-bond acceptors (Lipinski definition) is 6. The monoisotopic (exact) mass is 446 g/mol. The minimum atomic E-state index is -0.948. The maximum absolute atomic E-state index is 13.5. The van der Waals surface area contributed by atoms with Crippen LogP contribution in [0.3, 0.4) is 0 Å². The summed E-state index contributed by atoms with van der Waals surface area (Å²) in [6, 6.07) is 10.5. The Morgan fingerprint density at radius 1 is 1.15 bits per heavy atom. The van der Waals surface area contributed by atoms with E-state index in [-0.39, 0.29) is 24.3 Å². The normalized spacial score (nSPS) is 34.6. The fourth-order valence-electron chi connectivity index (χ4n) is 6.25. The zero-order valence-electron chi connectivity index (χ0n) is 18.9. The van der Waals surface area contributed by atoms with E-state index in [2.05, 4.69) is 11.8 Å². The molecule has 0 spiro atoms. The van der Waals surface area contributed by atoms with Gasteiger partial charge in [-0.25, -0.2) is 4.79 Å². The first kappa shape index (κ1) is 21.5. The van der Waals surface area contributed by atoms with Gasteiger partial charge in [0.25, 0.3) is 0 Å². The van der Waals surface area contributed by atoms with Gasteiger partial charge in [0.05, 0.1) is 17.2 Å². The van der Waals surface area contributed by atoms with Gasteiger partial charge in [0.2, 0.25) is 0 Å². The predicted octanol–water partition coefficient (Wildman–Crippen LogP) is 4.28. The molecule has 0 amide bonds. The number of ether oxygens (including phenoxy) is 2. The minimum Gasteiger partial charge on any atom is -0.462 e. The van der Waals surface area contributed by atoms with Crippen molar-refractivity contribution < 1.29 is 28.3 Å². The molecular weight excluding hydrogens is 420 g/mol. The third kappa shape index (κ3) is 3.06. The lowest BCUT2D eigenvalue weighted by Crippen LogP contribution is -2.63. The van der Waals surface area contributed by atoms with Crippen LogP contribution in [0.15, 0.2) is 47.1 Å². The number of Topliss-reactive ketones (excluding diaryl/α,β-unsaturated/α-hetero) is 1. The molecule has 1 aliphatic heterocycles. The van der Waals surface area contributed by atoms with Crippen LogP contribution in [-0.2, 0) is 19.1 Å². The molecule has 5 rings (SSSR count). The average Bonchev–Trinajstić information content (AvgIpc) is 3.36. The van der Waals surface area contributed by atoms with Gasteiger partial charge in [0, 0.05) is 35.7 Å². The van der Waals surface area contributed by atoms with Crippen LogP contribution >= 0.6 is 0 Å². The first-order valence-corrected chi connectivity index (χ1v) is 11.3. The first-order valence-electron chi connectivity index (χ1n) is 11.3. The number of carbonyl (C=O) groups excluding carboxylic acids is 3. The van der Waals surface area contributed by atoms with Crippen molar-refractivity contribution in [2.24, 2.45) is 16.7 Å². The summed E-state index contributed by atoms with van der Waals surface area (Å²) >= 11 is 0. The van der Waals surface area contributed by atoms with Gasteiger partial charge < -0.3 is 13.9 Å². The second-order valence-corrected chi connectivity index (χ2v) is 9.68. The highest BCUT2D eigenvalue weighted by Gasteiger charge is 2.71. The largest absolute Gasteiger partial charge is 0.462 e. The van der Waals surface area contributed by atoms with Crippen LogP contribution < -0.4 is 0 Å². The van der Waals surface area contributed by atoms with Crippen molar-refractivity contribution in [2.45, 2.75) is 58.2 Å². The molecule has 0 unspecified atom stereocenters. The van der Waals surface area contributed by atoms with Gasteiger partial charge in [0.1, 0.15) is 18.0 Å². The zero-order chi connectivity index (χ0) is 23.4. The summed E-state index contributed by atoms with van der Waals surface area (Å²) in [7, 11) is 0. The summed E-state index contributed by atoms with van der Waals surface area (Å²) in [5.74, 6) is 4.56. The number of fused-ring (bicyclic) bond motifs is 4. The fraction of sp³-hybridized carbons (Fsp3) is 0.444. The van der Waals surface area contributed by atoms with Crippen molar-refractivity contribution >= 4 is 17.7 Å². The van der Waals surface area contributed by atoms with E-state index in [1.165, 1.54) is 6.26 Å². The van der Waals surface area contributed by atoms with Gasteiger partial charge in [-0.15, -0.1) is 0 Å². The van der Waals surface area contributed by atoms with E-state index in [1.807, 2.05) is 19.9 Å². The Kier molecular flexibility index (Phi) is 4.97. The number of ketones is 1. The van der Waals surface area contributed by atoms with Crippen LogP contribution in [-0.4, -0.2) is 29.9 Å². The van der Waals surface area contributed by atoms with E-state index in [0.29, 0.717) is 24.2 Å². The maximum atomic E-state index is 13.5. The van der Waals surface area contributed by atoms with E-state index < -0.39 is 34.7 Å². The molecule has 6 heteroatoms. The number of hydrogen-bond donors (Lipinski definition) is 0. The Labute approximate surface area is 192 Å². The lowest BCUT2D eigenvalue weighted by molar-refractivity contribution is -0.174. The highest BCUT2D eigenvalue weighted by Crippen LogP contribution is 2.65. The third-order valence-corrected chi connectivity index (χ3v) is 8.11. The molecule has 33 heavy (non-hydrogen) atoms. The molecule has 0 radical (unpaired) electrons. The van der Waals surface area contributed by atoms with Gasteiger partial charge in [-0.1, -0.05) is 31.0 Å². The van der Waals surface area contributed by atoms with Crippen molar-refractivity contribution in [3.8, 4) is 11.8 Å². The molecule has 6 atom stereocenters. The number of esters is 2. The Hall–Kier alpha value is -3.33. The summed E-state index contributed by atoms with van der Waals surface area (Å²) < 4.78 is 17.5. The van der Waals surface area contributed by atoms with Crippen molar-refractivity contribution in [2.75, 3.05) is 0 Å². The van der Waals surface area contributed by atoms with E-state index in [0.717, 1.165) is 5.56 Å². The highest BCUT2D eigenvalue weighted by atomic mass is 16.6. The first-order chi connectivity index (χ1) is 15.8. The Balaban J connectivity index is 1.65. The van der Waals surface area contributed by atoms with Gasteiger partial charge in [-0.2, -0.15) is 0 Å². The molecule has 1 aromatic carbocycles. The molecule has 2 heterocycles. The standard InChI is InChI=1S/C27H26O6/c1-4-8-22-18(11-12-31-22)19-14-21(28)20-13-17-15-26(2,25(30)32-17)27(20,3)23(19)33-24(29)16-9-6-5-7-10-16/h5-7,9-12,17,19-20,23H,13-15H2,1-3H3/t17-,19+,20+,23+,26+,27-/m1/s1. The van der Waals surface area contributed by atoms with E-state index in [9.17, 15) is 14.4 Å². The summed E-state index contributed by atoms with van der Waals surface area (Å²) in [4.78, 5) is 39.9. The lowest BCUT2D eigenvalue weighted by Gasteiger charge is -2.56. The Bertz CT molecular complexity index is 1180. The average molecular weight is 446 g/mol. The summed E-state index contributed by atoms with van der Waals surface area (Å²) in [6.07, 6.45) is 1.66. The van der Waals surface area contributed by atoms with Crippen LogP contribution in [0.4, 0.5) is 0 Å². The quantitative estimate of drug-likeness (QED) is 0.517. The molecule has 1 aromatic heterocycles. The van der Waals surface area contributed by atoms with Crippen molar-refractivity contribution in [3.05, 3.63) is 59.5 Å². The second-order valence-electron chi connectivity index (χ2n) is 9.68. The van der Waals surface area contributed by atoms with Crippen LogP contribution in [0.25, 0.3) is 0 Å². The molecule has 6 nitrogen and oxygen atoms in total. The van der Waals surface area contributed by atoms with Gasteiger partial charge in [-0.05, 0) is 44.4 Å². The van der Waals surface area contributed by atoms with Crippen molar-refractivity contribution in [1.29, 1.82) is 0 Å². The van der Waals surface area contributed by atoms with Gasteiger partial charge in [0.15, 0.2) is 5.76 Å². The summed E-state index contributed by atoms with van der Waals surface area (Å²) in [5, 5.41) is 0. The molecule has 2 aliphatic carbocycles. The SMILES string of the molecule is CC#Cc1occc1[C@@H]1CC(=O)[C@@H]2C[C@@H]3C[C@@](C)(C(=O)O3)[C@@]2(C)[C@H]1OC(=O)c1ccccc1. The number of carbonyl (C=O) groups is 3. The molecule has 3 aliphatic rings. The lowest BCUT2D eigenvalue weighted by atomic mass is 9.45. The molecule has 1 saturated heterocycles. The zero-order valence-corrected chi connectivity index (χ0v) is 18.9. The maximum Gasteiger partial charge on any atom is 0.338 e. The molecular formula is C27H26O6. The number of rotatable bonds is 3. The Morgan fingerprint density at radius 2 is 1.91 bits per heavy atom. The topological polar surface area (TPSA) is 82.8 Å². The summed E-state index contributed by atoms with van der Waals surface area (Å²) in [5.41, 5.74) is -0.741. The predicted molar refractivity (Wildman–Crippen MR) is 118 cm³/mol. The van der Waals surface area contributed by atoms with Gasteiger partial charge >= 0.3 is 11.9 Å². The van der Waals surface area contributed by atoms with Gasteiger partial charge in [-0.3, -0.25) is 9.59 Å². The molecule has 0 N–H and O–H groups in total.